The first-order valence-corrected chi connectivity index (χ1v) is 11.6. The van der Waals surface area contributed by atoms with Crippen molar-refractivity contribution in [3.8, 4) is 5.75 Å². The molecule has 0 spiro atoms. The Balaban J connectivity index is 0.000000968. The van der Waals surface area contributed by atoms with E-state index in [2.05, 4.69) is 0 Å². The minimum absolute atomic E-state index is 0.0467. The van der Waals surface area contributed by atoms with E-state index >= 15 is 0 Å². The number of rotatable bonds is 5. The number of nitrogens with zero attached hydrogens (tertiary/aromatic N) is 1. The molecule has 1 aromatic carbocycles. The quantitative estimate of drug-likeness (QED) is 0.435. The number of ether oxygens (including phenoxy) is 1. The number of halogens is 4. The lowest BCUT2D eigenvalue weighted by atomic mass is 9.82. The summed E-state index contributed by atoms with van der Waals surface area (Å²) in [6.07, 6.45) is 0.889. The molecular formula is C24H31F4NO4. The van der Waals surface area contributed by atoms with Crippen molar-refractivity contribution in [1.82, 2.24) is 4.90 Å². The van der Waals surface area contributed by atoms with Crippen LogP contribution in [0.4, 0.5) is 17.6 Å². The Morgan fingerprint density at radius 3 is 2.30 bits per heavy atom. The Labute approximate surface area is 191 Å². The first-order chi connectivity index (χ1) is 15.7. The number of hydrogen-bond acceptors (Lipinski definition) is 3. The lowest BCUT2D eigenvalue weighted by molar-refractivity contribution is -0.184. The van der Waals surface area contributed by atoms with E-state index in [1.165, 1.54) is 6.07 Å². The summed E-state index contributed by atoms with van der Waals surface area (Å²) in [7, 11) is 0. The second kappa shape index (κ2) is 10.7. The fourth-order valence-electron chi connectivity index (χ4n) is 4.83. The SMILES string of the molecule is CC1CCCN1C(=O)c1cc(C2CC2)c(OCC2CCC(C(F)(F)F)CC2)cc1F.O=CO. The van der Waals surface area contributed by atoms with Gasteiger partial charge in [0, 0.05) is 18.7 Å². The normalized spacial score (nSPS) is 25.2. The van der Waals surface area contributed by atoms with E-state index in [0.717, 1.165) is 31.2 Å². The second-order valence-corrected chi connectivity index (χ2v) is 9.31. The van der Waals surface area contributed by atoms with Crippen LogP contribution in [0.15, 0.2) is 12.1 Å². The lowest BCUT2D eigenvalue weighted by Crippen LogP contribution is -2.34. The highest BCUT2D eigenvalue weighted by Crippen LogP contribution is 2.46. The molecule has 2 aliphatic carbocycles. The molecule has 2 saturated carbocycles. The maximum absolute atomic E-state index is 14.8. The monoisotopic (exact) mass is 473 g/mol. The maximum atomic E-state index is 14.8. The summed E-state index contributed by atoms with van der Waals surface area (Å²) in [4.78, 5) is 22.9. The molecule has 1 heterocycles. The second-order valence-electron chi connectivity index (χ2n) is 9.31. The Kier molecular flexibility index (Phi) is 8.23. The third kappa shape index (κ3) is 6.38. The van der Waals surface area contributed by atoms with Gasteiger partial charge in [0.15, 0.2) is 0 Å². The van der Waals surface area contributed by atoms with Crippen LogP contribution in [0.1, 0.15) is 80.1 Å². The Morgan fingerprint density at radius 2 is 1.79 bits per heavy atom. The summed E-state index contributed by atoms with van der Waals surface area (Å²) < 4.78 is 59.3. The van der Waals surface area contributed by atoms with Crippen molar-refractivity contribution in [3.63, 3.8) is 0 Å². The zero-order chi connectivity index (χ0) is 24.2. The third-order valence-electron chi connectivity index (χ3n) is 6.95. The summed E-state index contributed by atoms with van der Waals surface area (Å²) in [5.74, 6) is -1.31. The Morgan fingerprint density at radius 1 is 1.15 bits per heavy atom. The van der Waals surface area contributed by atoms with Crippen LogP contribution in [0, 0.1) is 17.7 Å². The highest BCUT2D eigenvalue weighted by atomic mass is 19.4. The summed E-state index contributed by atoms with van der Waals surface area (Å²) in [6.45, 7) is 2.67. The molecule has 3 aliphatic rings. The highest BCUT2D eigenvalue weighted by Gasteiger charge is 2.41. The van der Waals surface area contributed by atoms with Crippen LogP contribution >= 0.6 is 0 Å². The summed E-state index contributed by atoms with van der Waals surface area (Å²) in [5, 5.41) is 6.89. The molecule has 3 fully saturated rings. The standard InChI is InChI=1S/C23H29F4NO2.CH2O2/c1-14-3-2-10-28(14)22(29)19-11-18(16-6-7-16)21(12-20(19)24)30-13-15-4-8-17(9-5-15)23(25,26)27;2-1-3/h11-12,14-17H,2-10,13H2,1H3;1H,(H,2,3). The Bertz CT molecular complexity index is 832. The fourth-order valence-corrected chi connectivity index (χ4v) is 4.83. The molecule has 4 rings (SSSR count). The summed E-state index contributed by atoms with van der Waals surface area (Å²) >= 11 is 0. The predicted octanol–water partition coefficient (Wildman–Crippen LogP) is 5.78. The van der Waals surface area contributed by atoms with Crippen molar-refractivity contribution in [2.24, 2.45) is 11.8 Å². The number of alkyl halides is 3. The summed E-state index contributed by atoms with van der Waals surface area (Å²) in [6, 6.07) is 3.07. The smallest absolute Gasteiger partial charge is 0.391 e. The van der Waals surface area contributed by atoms with E-state index in [1.807, 2.05) is 6.92 Å². The average Bonchev–Trinajstić information content (AvgIpc) is 3.52. The van der Waals surface area contributed by atoms with Crippen LogP contribution in [0.5, 0.6) is 5.75 Å². The van der Waals surface area contributed by atoms with Crippen LogP contribution in [0.25, 0.3) is 0 Å². The van der Waals surface area contributed by atoms with Crippen molar-refractivity contribution < 1.29 is 37.0 Å². The van der Waals surface area contributed by atoms with Gasteiger partial charge in [-0.05, 0) is 81.8 Å². The third-order valence-corrected chi connectivity index (χ3v) is 6.95. The van der Waals surface area contributed by atoms with Crippen molar-refractivity contribution >= 4 is 12.4 Å². The van der Waals surface area contributed by atoms with Gasteiger partial charge < -0.3 is 14.7 Å². The molecule has 9 heteroatoms. The van der Waals surface area contributed by atoms with Gasteiger partial charge >= 0.3 is 6.18 Å². The van der Waals surface area contributed by atoms with Gasteiger partial charge in [-0.25, -0.2) is 4.39 Å². The molecule has 1 N–H and O–H groups in total. The first-order valence-electron chi connectivity index (χ1n) is 11.6. The number of benzene rings is 1. The van der Waals surface area contributed by atoms with Gasteiger partial charge in [-0.3, -0.25) is 9.59 Å². The Hall–Kier alpha value is -2.32. The maximum Gasteiger partial charge on any atom is 0.391 e. The highest BCUT2D eigenvalue weighted by molar-refractivity contribution is 5.95. The van der Waals surface area contributed by atoms with E-state index in [4.69, 9.17) is 14.6 Å². The van der Waals surface area contributed by atoms with Gasteiger partial charge in [-0.1, -0.05) is 0 Å². The van der Waals surface area contributed by atoms with Gasteiger partial charge in [0.25, 0.3) is 12.4 Å². The molecule has 1 atom stereocenters. The van der Waals surface area contributed by atoms with E-state index in [0.29, 0.717) is 31.7 Å². The molecule has 1 unspecified atom stereocenters. The van der Waals surface area contributed by atoms with Crippen LogP contribution in [0.2, 0.25) is 0 Å². The minimum Gasteiger partial charge on any atom is -0.493 e. The minimum atomic E-state index is -4.12. The molecule has 1 aromatic rings. The molecule has 1 amide bonds. The predicted molar refractivity (Wildman–Crippen MR) is 114 cm³/mol. The number of carbonyl (C=O) groups excluding carboxylic acids is 1. The lowest BCUT2D eigenvalue weighted by Gasteiger charge is -2.30. The molecule has 1 aliphatic heterocycles. The van der Waals surface area contributed by atoms with Gasteiger partial charge in [0.1, 0.15) is 11.6 Å². The van der Waals surface area contributed by atoms with Gasteiger partial charge in [-0.15, -0.1) is 0 Å². The molecule has 1 saturated heterocycles. The fraction of sp³-hybridized carbons (Fsp3) is 0.667. The van der Waals surface area contributed by atoms with E-state index in [1.54, 1.807) is 11.0 Å². The first kappa shape index (κ1) is 25.3. The number of amides is 1. The number of hydrogen-bond donors (Lipinski definition) is 1. The van der Waals surface area contributed by atoms with Crippen LogP contribution in [-0.4, -0.2) is 47.8 Å². The van der Waals surface area contributed by atoms with E-state index in [-0.39, 0.29) is 48.7 Å². The molecule has 184 valence electrons. The number of carboxylic acid groups (broad SMARTS) is 1. The van der Waals surface area contributed by atoms with E-state index in [9.17, 15) is 22.4 Å². The molecule has 33 heavy (non-hydrogen) atoms. The van der Waals surface area contributed by atoms with Crippen molar-refractivity contribution in [1.29, 1.82) is 0 Å². The zero-order valence-corrected chi connectivity index (χ0v) is 18.7. The zero-order valence-electron chi connectivity index (χ0n) is 18.7. The number of likely N-dealkylation sites (tertiary alicyclic amines) is 1. The van der Waals surface area contributed by atoms with Crippen LogP contribution < -0.4 is 4.74 Å². The molecule has 5 nitrogen and oxygen atoms in total. The average molecular weight is 474 g/mol. The van der Waals surface area contributed by atoms with Crippen LogP contribution in [-0.2, 0) is 4.79 Å². The molecule has 0 bridgehead atoms. The van der Waals surface area contributed by atoms with Crippen molar-refractivity contribution in [3.05, 3.63) is 29.1 Å². The molecule has 0 aromatic heterocycles. The van der Waals surface area contributed by atoms with Gasteiger partial charge in [0.2, 0.25) is 0 Å². The topological polar surface area (TPSA) is 66.8 Å². The number of carbonyl (C=O) groups is 2. The molecular weight excluding hydrogens is 442 g/mol. The van der Waals surface area contributed by atoms with Gasteiger partial charge in [-0.2, -0.15) is 13.2 Å². The van der Waals surface area contributed by atoms with Crippen molar-refractivity contribution in [2.45, 2.75) is 76.4 Å². The largest absolute Gasteiger partial charge is 0.493 e. The molecule has 0 radical (unpaired) electrons. The summed E-state index contributed by atoms with van der Waals surface area (Å²) in [5.41, 5.74) is 0.958. The van der Waals surface area contributed by atoms with Crippen LogP contribution in [0.3, 0.4) is 0 Å². The van der Waals surface area contributed by atoms with Gasteiger partial charge in [0.05, 0.1) is 18.1 Å². The van der Waals surface area contributed by atoms with Crippen molar-refractivity contribution in [2.75, 3.05) is 13.2 Å². The van der Waals surface area contributed by atoms with E-state index < -0.39 is 17.9 Å².